The number of anilines is 1. The highest BCUT2D eigenvalue weighted by Gasteiger charge is 1.94. The molecule has 0 aliphatic rings. The predicted octanol–water partition coefficient (Wildman–Crippen LogP) is 2.09. The van der Waals surface area contributed by atoms with Gasteiger partial charge in [0, 0.05) is 12.1 Å². The quantitative estimate of drug-likeness (QED) is 0.543. The number of hydrogen-bond donors (Lipinski definition) is 2. The molecule has 0 saturated heterocycles. The topological polar surface area (TPSA) is 61.8 Å². The summed E-state index contributed by atoms with van der Waals surface area (Å²) in [4.78, 5) is 0. The molecule has 0 aliphatic carbocycles. The van der Waals surface area contributed by atoms with Crippen LogP contribution in [0, 0.1) is 11.3 Å². The van der Waals surface area contributed by atoms with Crippen LogP contribution in [0.1, 0.15) is 24.8 Å². The average molecular weight is 217 g/mol. The van der Waals surface area contributed by atoms with Crippen molar-refractivity contribution >= 4 is 5.69 Å². The number of nitriles is 1. The van der Waals surface area contributed by atoms with Crippen molar-refractivity contribution in [3.8, 4) is 6.07 Å². The molecule has 3 nitrogen and oxygen atoms in total. The third kappa shape index (κ3) is 5.38. The molecule has 0 spiro atoms. The summed E-state index contributed by atoms with van der Waals surface area (Å²) >= 11 is 0. The Labute approximate surface area is 97.3 Å². The summed E-state index contributed by atoms with van der Waals surface area (Å²) in [5, 5.41) is 11.7. The molecule has 1 rings (SSSR count). The molecule has 86 valence electrons. The number of nitrogen functional groups attached to an aromatic ring is 1. The van der Waals surface area contributed by atoms with Gasteiger partial charge in [0.1, 0.15) is 0 Å². The van der Waals surface area contributed by atoms with Gasteiger partial charge in [0.05, 0.1) is 6.07 Å². The molecule has 0 unspecified atom stereocenters. The van der Waals surface area contributed by atoms with E-state index >= 15 is 0 Å². The highest BCUT2D eigenvalue weighted by Crippen LogP contribution is 2.08. The maximum atomic E-state index is 8.35. The van der Waals surface area contributed by atoms with E-state index < -0.39 is 0 Å². The van der Waals surface area contributed by atoms with Crippen molar-refractivity contribution in [2.75, 3.05) is 18.8 Å². The first-order valence-electron chi connectivity index (χ1n) is 5.75. The van der Waals surface area contributed by atoms with Gasteiger partial charge in [-0.15, -0.1) is 0 Å². The van der Waals surface area contributed by atoms with Crippen molar-refractivity contribution in [2.24, 2.45) is 0 Å². The van der Waals surface area contributed by atoms with E-state index in [9.17, 15) is 0 Å². The number of nitrogens with one attached hydrogen (secondary N) is 1. The normalized spacial score (nSPS) is 9.94. The lowest BCUT2D eigenvalue weighted by molar-refractivity contribution is 0.628. The van der Waals surface area contributed by atoms with E-state index in [1.54, 1.807) is 0 Å². The van der Waals surface area contributed by atoms with Gasteiger partial charge < -0.3 is 11.1 Å². The summed E-state index contributed by atoms with van der Waals surface area (Å²) in [6.07, 6.45) is 3.74. The third-order valence-electron chi connectivity index (χ3n) is 2.41. The summed E-state index contributed by atoms with van der Waals surface area (Å²) in [5.74, 6) is 0. The van der Waals surface area contributed by atoms with Crippen LogP contribution in [0.5, 0.6) is 0 Å². The third-order valence-corrected chi connectivity index (χ3v) is 2.41. The fourth-order valence-electron chi connectivity index (χ4n) is 1.58. The number of rotatable bonds is 7. The van der Waals surface area contributed by atoms with Gasteiger partial charge in [-0.3, -0.25) is 0 Å². The largest absolute Gasteiger partial charge is 0.399 e. The molecule has 3 heteroatoms. The lowest BCUT2D eigenvalue weighted by Gasteiger charge is -2.04. The van der Waals surface area contributed by atoms with Crippen LogP contribution in [0.3, 0.4) is 0 Å². The summed E-state index contributed by atoms with van der Waals surface area (Å²) in [6, 6.07) is 10.2. The molecule has 0 aliphatic heterocycles. The summed E-state index contributed by atoms with van der Waals surface area (Å²) in [6.45, 7) is 1.94. The van der Waals surface area contributed by atoms with Crippen LogP contribution in [-0.2, 0) is 6.42 Å². The number of benzene rings is 1. The molecule has 0 radical (unpaired) electrons. The minimum absolute atomic E-state index is 0.641. The Bertz CT molecular complexity index is 341. The molecule has 0 aromatic heterocycles. The van der Waals surface area contributed by atoms with Crippen LogP contribution in [-0.4, -0.2) is 13.1 Å². The van der Waals surface area contributed by atoms with E-state index in [0.29, 0.717) is 6.42 Å². The second-order valence-corrected chi connectivity index (χ2v) is 3.86. The fourth-order valence-corrected chi connectivity index (χ4v) is 1.58. The van der Waals surface area contributed by atoms with Gasteiger partial charge in [0.25, 0.3) is 0 Å². The Kier molecular flexibility index (Phi) is 6.05. The molecule has 0 saturated carbocycles. The monoisotopic (exact) mass is 217 g/mol. The van der Waals surface area contributed by atoms with Crippen LogP contribution < -0.4 is 11.1 Å². The predicted molar refractivity (Wildman–Crippen MR) is 66.9 cm³/mol. The van der Waals surface area contributed by atoms with Crippen LogP contribution in [0.4, 0.5) is 5.69 Å². The molecule has 0 heterocycles. The van der Waals surface area contributed by atoms with Gasteiger partial charge in [-0.2, -0.15) is 5.26 Å². The Balaban J connectivity index is 2.05. The standard InChI is InChI=1S/C13H19N3/c14-8-1-2-9-16-10-4-6-12-5-3-7-13(15)11-12/h3,5,7,11,16H,1-2,4,6,9-10,15H2. The minimum atomic E-state index is 0.641. The zero-order chi connectivity index (χ0) is 11.6. The summed E-state index contributed by atoms with van der Waals surface area (Å²) in [7, 11) is 0. The minimum Gasteiger partial charge on any atom is -0.399 e. The number of hydrogen-bond acceptors (Lipinski definition) is 3. The number of aryl methyl sites for hydroxylation is 1. The molecule has 0 fully saturated rings. The van der Waals surface area contributed by atoms with Crippen molar-refractivity contribution in [3.05, 3.63) is 29.8 Å². The Morgan fingerprint density at radius 3 is 2.81 bits per heavy atom. The second kappa shape index (κ2) is 7.72. The first-order valence-corrected chi connectivity index (χ1v) is 5.75. The van der Waals surface area contributed by atoms with Gasteiger partial charge in [0.15, 0.2) is 0 Å². The van der Waals surface area contributed by atoms with Crippen molar-refractivity contribution in [1.29, 1.82) is 5.26 Å². The zero-order valence-electron chi connectivity index (χ0n) is 9.58. The van der Waals surface area contributed by atoms with E-state index in [-0.39, 0.29) is 0 Å². The van der Waals surface area contributed by atoms with Gasteiger partial charge in [-0.1, -0.05) is 12.1 Å². The van der Waals surface area contributed by atoms with Crippen molar-refractivity contribution in [1.82, 2.24) is 5.32 Å². The fraction of sp³-hybridized carbons (Fsp3) is 0.462. The second-order valence-electron chi connectivity index (χ2n) is 3.86. The van der Waals surface area contributed by atoms with Crippen LogP contribution in [0.2, 0.25) is 0 Å². The number of unbranched alkanes of at least 4 members (excludes halogenated alkanes) is 1. The van der Waals surface area contributed by atoms with Crippen molar-refractivity contribution in [3.63, 3.8) is 0 Å². The summed E-state index contributed by atoms with van der Waals surface area (Å²) < 4.78 is 0. The zero-order valence-corrected chi connectivity index (χ0v) is 9.58. The molecule has 16 heavy (non-hydrogen) atoms. The Morgan fingerprint density at radius 1 is 1.25 bits per heavy atom. The maximum absolute atomic E-state index is 8.35. The highest BCUT2D eigenvalue weighted by molar-refractivity contribution is 5.40. The molecule has 1 aromatic carbocycles. The smallest absolute Gasteiger partial charge is 0.0622 e. The summed E-state index contributed by atoms with van der Waals surface area (Å²) in [5.41, 5.74) is 7.82. The molecule has 0 atom stereocenters. The van der Waals surface area contributed by atoms with Gasteiger partial charge >= 0.3 is 0 Å². The molecule has 1 aromatic rings. The molecule has 3 N–H and O–H groups in total. The van der Waals surface area contributed by atoms with Gasteiger partial charge in [0.2, 0.25) is 0 Å². The first-order chi connectivity index (χ1) is 7.83. The average Bonchev–Trinajstić information content (AvgIpc) is 2.28. The Hall–Kier alpha value is -1.53. The van der Waals surface area contributed by atoms with Crippen LogP contribution in [0.15, 0.2) is 24.3 Å². The van der Waals surface area contributed by atoms with Crippen molar-refractivity contribution < 1.29 is 0 Å². The van der Waals surface area contributed by atoms with Gasteiger partial charge in [-0.05, 0) is 50.0 Å². The maximum Gasteiger partial charge on any atom is 0.0622 e. The highest BCUT2D eigenvalue weighted by atomic mass is 14.8. The van der Waals surface area contributed by atoms with E-state index in [0.717, 1.165) is 38.0 Å². The lowest BCUT2D eigenvalue weighted by atomic mass is 10.1. The van der Waals surface area contributed by atoms with Crippen LogP contribution in [0.25, 0.3) is 0 Å². The molecular formula is C13H19N3. The SMILES string of the molecule is N#CCCCNCCCc1cccc(N)c1. The Morgan fingerprint density at radius 2 is 2.06 bits per heavy atom. The molecule has 0 amide bonds. The lowest BCUT2D eigenvalue weighted by Crippen LogP contribution is -2.17. The molecule has 0 bridgehead atoms. The van der Waals surface area contributed by atoms with Gasteiger partial charge in [-0.25, -0.2) is 0 Å². The number of nitrogens with zero attached hydrogens (tertiary/aromatic N) is 1. The number of nitrogens with two attached hydrogens (primary N) is 1. The van der Waals surface area contributed by atoms with Crippen molar-refractivity contribution in [2.45, 2.75) is 25.7 Å². The first kappa shape index (κ1) is 12.5. The van der Waals surface area contributed by atoms with E-state index in [2.05, 4.69) is 17.5 Å². The van der Waals surface area contributed by atoms with E-state index in [1.165, 1.54) is 5.56 Å². The molecular weight excluding hydrogens is 198 g/mol. The van der Waals surface area contributed by atoms with E-state index in [1.807, 2.05) is 18.2 Å². The van der Waals surface area contributed by atoms with E-state index in [4.69, 9.17) is 11.0 Å². The van der Waals surface area contributed by atoms with Crippen LogP contribution >= 0.6 is 0 Å².